The Kier molecular flexibility index (Phi) is 5.57. The van der Waals surface area contributed by atoms with Crippen LogP contribution < -0.4 is 5.01 Å². The highest BCUT2D eigenvalue weighted by atomic mass is 79.9. The van der Waals surface area contributed by atoms with E-state index in [1.165, 1.54) is 0 Å². The summed E-state index contributed by atoms with van der Waals surface area (Å²) in [7, 11) is 0. The van der Waals surface area contributed by atoms with Crippen LogP contribution in [-0.4, -0.2) is 52.0 Å². The Morgan fingerprint density at radius 3 is 2.46 bits per heavy atom. The Morgan fingerprint density at radius 1 is 1.04 bits per heavy atom. The zero-order valence-electron chi connectivity index (χ0n) is 15.2. The zero-order valence-corrected chi connectivity index (χ0v) is 16.8. The van der Waals surface area contributed by atoms with Gasteiger partial charge in [-0.05, 0) is 33.6 Å². The molecule has 2 aromatic heterocycles. The Labute approximate surface area is 171 Å². The molecule has 28 heavy (non-hydrogen) atoms. The third kappa shape index (κ3) is 4.17. The summed E-state index contributed by atoms with van der Waals surface area (Å²) >= 11 is 3.58. The number of aromatic nitrogens is 3. The molecule has 0 saturated carbocycles. The highest BCUT2D eigenvalue weighted by Crippen LogP contribution is 2.26. The van der Waals surface area contributed by atoms with Crippen LogP contribution in [-0.2, 0) is 11.3 Å². The molecule has 0 spiro atoms. The third-order valence-electron chi connectivity index (χ3n) is 4.62. The molecule has 3 aromatic rings. The van der Waals surface area contributed by atoms with Crippen molar-refractivity contribution < 1.29 is 9.53 Å². The van der Waals surface area contributed by atoms with E-state index in [0.717, 1.165) is 21.3 Å². The molecular weight excluding hydrogens is 422 g/mol. The maximum Gasteiger partial charge on any atom is 0.410 e. The van der Waals surface area contributed by atoms with Crippen LogP contribution in [0, 0.1) is 0 Å². The average molecular weight is 442 g/mol. The minimum Gasteiger partial charge on any atom is -0.445 e. The van der Waals surface area contributed by atoms with Crippen molar-refractivity contribution in [3.63, 3.8) is 0 Å². The highest BCUT2D eigenvalue weighted by Gasteiger charge is 2.23. The van der Waals surface area contributed by atoms with Crippen molar-refractivity contribution in [3.05, 3.63) is 71.1 Å². The first-order chi connectivity index (χ1) is 13.7. The lowest BCUT2D eigenvalue weighted by Crippen LogP contribution is -2.53. The molecule has 0 atom stereocenters. The molecule has 1 aromatic carbocycles. The summed E-state index contributed by atoms with van der Waals surface area (Å²) in [4.78, 5) is 19.9. The topological polar surface area (TPSA) is 63.5 Å². The summed E-state index contributed by atoms with van der Waals surface area (Å²) in [6.45, 7) is 2.85. The van der Waals surface area contributed by atoms with Gasteiger partial charge in [-0.25, -0.2) is 4.79 Å². The van der Waals surface area contributed by atoms with Gasteiger partial charge in [0.05, 0.1) is 23.8 Å². The quantitative estimate of drug-likeness (QED) is 0.621. The number of amides is 1. The lowest BCUT2D eigenvalue weighted by Gasteiger charge is -2.34. The first-order valence-electron chi connectivity index (χ1n) is 9.07. The van der Waals surface area contributed by atoms with Gasteiger partial charge in [0, 0.05) is 31.0 Å². The number of carbonyl (C=O) groups is 1. The SMILES string of the molecule is O=C(OCc1ccccc1)N1CCN(n2cc(Br)c(-c3ccncc3)n2)CC1. The molecule has 3 heterocycles. The molecule has 0 bridgehead atoms. The van der Waals surface area contributed by atoms with Gasteiger partial charge >= 0.3 is 6.09 Å². The number of pyridine rings is 1. The molecule has 8 heteroatoms. The van der Waals surface area contributed by atoms with Crippen molar-refractivity contribution in [2.24, 2.45) is 0 Å². The van der Waals surface area contributed by atoms with E-state index >= 15 is 0 Å². The van der Waals surface area contributed by atoms with E-state index in [1.807, 2.05) is 53.5 Å². The van der Waals surface area contributed by atoms with E-state index in [9.17, 15) is 4.79 Å². The fourth-order valence-corrected chi connectivity index (χ4v) is 3.58. The standard InChI is InChI=1S/C20H20BrN5O2/c21-18-14-26(23-19(18)17-6-8-22-9-7-17)25-12-10-24(11-13-25)20(27)28-15-16-4-2-1-3-5-16/h1-9,14H,10-13,15H2. The van der Waals surface area contributed by atoms with Crippen molar-refractivity contribution in [3.8, 4) is 11.3 Å². The van der Waals surface area contributed by atoms with Gasteiger partial charge in [0.15, 0.2) is 0 Å². The Hall–Kier alpha value is -2.87. The van der Waals surface area contributed by atoms with E-state index in [-0.39, 0.29) is 6.09 Å². The molecule has 1 saturated heterocycles. The summed E-state index contributed by atoms with van der Waals surface area (Å²) in [5, 5.41) is 6.79. The number of benzene rings is 1. The first-order valence-corrected chi connectivity index (χ1v) is 9.86. The van der Waals surface area contributed by atoms with Gasteiger partial charge in [0.1, 0.15) is 12.3 Å². The van der Waals surface area contributed by atoms with Crippen LogP contribution in [0.5, 0.6) is 0 Å². The van der Waals surface area contributed by atoms with E-state index in [1.54, 1.807) is 17.3 Å². The molecule has 4 rings (SSSR count). The molecule has 1 fully saturated rings. The van der Waals surface area contributed by atoms with Gasteiger partial charge in [-0.3, -0.25) is 9.99 Å². The van der Waals surface area contributed by atoms with Gasteiger partial charge in [0.25, 0.3) is 0 Å². The molecule has 1 aliphatic rings. The largest absolute Gasteiger partial charge is 0.445 e. The van der Waals surface area contributed by atoms with E-state index < -0.39 is 0 Å². The first kappa shape index (κ1) is 18.5. The predicted molar refractivity (Wildman–Crippen MR) is 109 cm³/mol. The number of piperazine rings is 1. The normalized spacial score (nSPS) is 14.2. The molecule has 1 aliphatic heterocycles. The second-order valence-electron chi connectivity index (χ2n) is 6.46. The Morgan fingerprint density at radius 2 is 1.75 bits per heavy atom. The molecule has 0 radical (unpaired) electrons. The average Bonchev–Trinajstić information content (AvgIpc) is 3.15. The van der Waals surface area contributed by atoms with E-state index in [2.05, 4.69) is 31.0 Å². The van der Waals surface area contributed by atoms with Gasteiger partial charge in [-0.1, -0.05) is 30.3 Å². The van der Waals surface area contributed by atoms with Crippen molar-refractivity contribution in [1.29, 1.82) is 0 Å². The molecular formula is C20H20BrN5O2. The van der Waals surface area contributed by atoms with Crippen LogP contribution in [0.2, 0.25) is 0 Å². The lowest BCUT2D eigenvalue weighted by atomic mass is 10.2. The lowest BCUT2D eigenvalue weighted by molar-refractivity contribution is 0.0919. The van der Waals surface area contributed by atoms with Gasteiger partial charge in [-0.15, -0.1) is 0 Å². The third-order valence-corrected chi connectivity index (χ3v) is 5.20. The number of rotatable bonds is 4. The fraction of sp³-hybridized carbons (Fsp3) is 0.250. The second-order valence-corrected chi connectivity index (χ2v) is 7.32. The molecule has 1 amide bonds. The van der Waals surface area contributed by atoms with Gasteiger partial charge in [0.2, 0.25) is 0 Å². The van der Waals surface area contributed by atoms with Crippen LogP contribution in [0.3, 0.4) is 0 Å². The maximum absolute atomic E-state index is 12.3. The summed E-state index contributed by atoms with van der Waals surface area (Å²) in [6.07, 6.45) is 5.17. The van der Waals surface area contributed by atoms with Crippen molar-refractivity contribution in [2.45, 2.75) is 6.61 Å². The van der Waals surface area contributed by atoms with Gasteiger partial charge in [-0.2, -0.15) is 9.89 Å². The molecule has 144 valence electrons. The zero-order chi connectivity index (χ0) is 19.3. The van der Waals surface area contributed by atoms with Crippen molar-refractivity contribution in [2.75, 3.05) is 31.2 Å². The summed E-state index contributed by atoms with van der Waals surface area (Å²) in [6, 6.07) is 13.6. The number of halogens is 1. The van der Waals surface area contributed by atoms with Crippen molar-refractivity contribution >= 4 is 22.0 Å². The number of nitrogens with zero attached hydrogens (tertiary/aromatic N) is 5. The van der Waals surface area contributed by atoms with Crippen LogP contribution in [0.4, 0.5) is 4.79 Å². The predicted octanol–water partition coefficient (Wildman–Crippen LogP) is 3.30. The summed E-state index contributed by atoms with van der Waals surface area (Å²) in [5.41, 5.74) is 2.86. The minimum atomic E-state index is -0.275. The molecule has 7 nitrogen and oxygen atoms in total. The monoisotopic (exact) mass is 441 g/mol. The summed E-state index contributed by atoms with van der Waals surface area (Å²) in [5.74, 6) is 0. The number of carbonyl (C=O) groups excluding carboxylic acids is 1. The number of ether oxygens (including phenoxy) is 1. The Balaban J connectivity index is 1.33. The van der Waals surface area contributed by atoms with E-state index in [0.29, 0.717) is 32.8 Å². The van der Waals surface area contributed by atoms with Crippen LogP contribution in [0.1, 0.15) is 5.56 Å². The molecule has 0 unspecified atom stereocenters. The minimum absolute atomic E-state index is 0.275. The smallest absolute Gasteiger partial charge is 0.410 e. The summed E-state index contributed by atoms with van der Waals surface area (Å²) < 4.78 is 6.34. The number of hydrogen-bond donors (Lipinski definition) is 0. The number of hydrogen-bond acceptors (Lipinski definition) is 5. The molecule has 0 N–H and O–H groups in total. The second kappa shape index (κ2) is 8.43. The molecule has 0 aliphatic carbocycles. The van der Waals surface area contributed by atoms with Crippen LogP contribution in [0.25, 0.3) is 11.3 Å². The maximum atomic E-state index is 12.3. The fourth-order valence-electron chi connectivity index (χ4n) is 3.09. The van der Waals surface area contributed by atoms with Gasteiger partial charge < -0.3 is 9.64 Å². The van der Waals surface area contributed by atoms with Crippen LogP contribution >= 0.6 is 15.9 Å². The Bertz CT molecular complexity index is 924. The van der Waals surface area contributed by atoms with E-state index in [4.69, 9.17) is 4.74 Å². The highest BCUT2D eigenvalue weighted by molar-refractivity contribution is 9.10. The van der Waals surface area contributed by atoms with Crippen molar-refractivity contribution in [1.82, 2.24) is 19.8 Å². The van der Waals surface area contributed by atoms with Crippen LogP contribution in [0.15, 0.2) is 65.5 Å².